The van der Waals surface area contributed by atoms with Crippen molar-refractivity contribution in [1.82, 2.24) is 9.55 Å². The van der Waals surface area contributed by atoms with Crippen molar-refractivity contribution in [1.29, 1.82) is 0 Å². The predicted octanol–water partition coefficient (Wildman–Crippen LogP) is 4.52. The van der Waals surface area contributed by atoms with Gasteiger partial charge in [-0.15, -0.1) is 11.3 Å². The Balaban J connectivity index is 1.68. The third-order valence-electron chi connectivity index (χ3n) is 4.67. The van der Waals surface area contributed by atoms with Crippen LogP contribution in [-0.2, 0) is 11.3 Å². The summed E-state index contributed by atoms with van der Waals surface area (Å²) in [6, 6.07) is 11.5. The number of hydrogen-bond acceptors (Lipinski definition) is 4. The Morgan fingerprint density at radius 2 is 1.90 bits per heavy atom. The number of halogens is 1. The molecule has 2 aromatic heterocycles. The summed E-state index contributed by atoms with van der Waals surface area (Å²) in [5, 5.41) is 5.10. The summed E-state index contributed by atoms with van der Waals surface area (Å²) >= 11 is 1.41. The SMILES string of the molecule is Cc1ccc(-c2csc3ncn(CC(=O)Nc4ccc(F)cc4)c(=O)c23)c(C)c1. The molecule has 4 aromatic rings. The van der Waals surface area contributed by atoms with Crippen LogP contribution in [0.2, 0.25) is 0 Å². The summed E-state index contributed by atoms with van der Waals surface area (Å²) < 4.78 is 14.3. The van der Waals surface area contributed by atoms with Gasteiger partial charge in [-0.1, -0.05) is 23.8 Å². The van der Waals surface area contributed by atoms with Crippen molar-refractivity contribution in [3.05, 3.63) is 81.5 Å². The van der Waals surface area contributed by atoms with Gasteiger partial charge in [0.05, 0.1) is 11.7 Å². The first-order chi connectivity index (χ1) is 13.9. The average molecular weight is 407 g/mol. The van der Waals surface area contributed by atoms with E-state index in [-0.39, 0.29) is 23.8 Å². The monoisotopic (exact) mass is 407 g/mol. The Labute approximate surface area is 170 Å². The first-order valence-electron chi connectivity index (χ1n) is 9.02. The number of aryl methyl sites for hydroxylation is 2. The van der Waals surface area contributed by atoms with Crippen molar-refractivity contribution in [2.24, 2.45) is 0 Å². The molecule has 0 saturated heterocycles. The van der Waals surface area contributed by atoms with Gasteiger partial charge in [0.2, 0.25) is 5.91 Å². The van der Waals surface area contributed by atoms with Crippen LogP contribution in [0.15, 0.2) is 59.0 Å². The Morgan fingerprint density at radius 1 is 1.14 bits per heavy atom. The number of carbonyl (C=O) groups is 1. The lowest BCUT2D eigenvalue weighted by Gasteiger charge is -2.09. The molecule has 1 amide bonds. The van der Waals surface area contributed by atoms with E-state index in [2.05, 4.69) is 16.4 Å². The fourth-order valence-electron chi connectivity index (χ4n) is 3.28. The average Bonchev–Trinajstić information content (AvgIpc) is 3.10. The number of fused-ring (bicyclic) bond motifs is 1. The van der Waals surface area contributed by atoms with Crippen LogP contribution in [0.25, 0.3) is 21.3 Å². The topological polar surface area (TPSA) is 64.0 Å². The van der Waals surface area contributed by atoms with Gasteiger partial charge in [0, 0.05) is 16.6 Å². The van der Waals surface area contributed by atoms with Crippen molar-refractivity contribution in [3.8, 4) is 11.1 Å². The Bertz CT molecular complexity index is 1280. The Hall–Kier alpha value is -3.32. The highest BCUT2D eigenvalue weighted by atomic mass is 32.1. The second kappa shape index (κ2) is 7.60. The van der Waals surface area contributed by atoms with Gasteiger partial charge in [0.15, 0.2) is 0 Å². The van der Waals surface area contributed by atoms with Crippen LogP contribution >= 0.6 is 11.3 Å². The maximum Gasteiger partial charge on any atom is 0.263 e. The quantitative estimate of drug-likeness (QED) is 0.541. The van der Waals surface area contributed by atoms with Crippen molar-refractivity contribution in [3.63, 3.8) is 0 Å². The number of anilines is 1. The molecule has 0 spiro atoms. The molecule has 0 aliphatic carbocycles. The highest BCUT2D eigenvalue weighted by Gasteiger charge is 2.16. The van der Waals surface area contributed by atoms with Crippen LogP contribution in [-0.4, -0.2) is 15.5 Å². The maximum absolute atomic E-state index is 13.1. The van der Waals surface area contributed by atoms with Gasteiger partial charge in [-0.3, -0.25) is 14.2 Å². The minimum atomic E-state index is -0.386. The molecule has 0 fully saturated rings. The molecule has 146 valence electrons. The van der Waals surface area contributed by atoms with Gasteiger partial charge in [-0.2, -0.15) is 0 Å². The Morgan fingerprint density at radius 3 is 2.62 bits per heavy atom. The zero-order valence-electron chi connectivity index (χ0n) is 15.9. The van der Waals surface area contributed by atoms with Crippen LogP contribution in [0.3, 0.4) is 0 Å². The molecule has 2 heterocycles. The number of nitrogens with zero attached hydrogens (tertiary/aromatic N) is 2. The molecule has 5 nitrogen and oxygen atoms in total. The normalized spacial score (nSPS) is 11.0. The molecule has 1 N–H and O–H groups in total. The largest absolute Gasteiger partial charge is 0.325 e. The van der Waals surface area contributed by atoms with Gasteiger partial charge in [-0.05, 0) is 49.2 Å². The molecule has 0 aliphatic heterocycles. The first kappa shape index (κ1) is 19.0. The molecular formula is C22H18FN3O2S. The van der Waals surface area contributed by atoms with Crippen molar-refractivity contribution in [2.45, 2.75) is 20.4 Å². The summed E-state index contributed by atoms with van der Waals surface area (Å²) in [5.41, 5.74) is 4.24. The van der Waals surface area contributed by atoms with E-state index in [4.69, 9.17) is 0 Å². The number of nitrogens with one attached hydrogen (secondary N) is 1. The zero-order valence-corrected chi connectivity index (χ0v) is 16.7. The summed E-state index contributed by atoms with van der Waals surface area (Å²) in [4.78, 5) is 30.4. The van der Waals surface area contributed by atoms with E-state index in [0.717, 1.165) is 22.3 Å². The van der Waals surface area contributed by atoms with E-state index < -0.39 is 0 Å². The lowest BCUT2D eigenvalue weighted by Crippen LogP contribution is -2.27. The summed E-state index contributed by atoms with van der Waals surface area (Å²) in [5.74, 6) is -0.770. The van der Waals surface area contributed by atoms with Gasteiger partial charge in [-0.25, -0.2) is 9.37 Å². The van der Waals surface area contributed by atoms with E-state index in [1.54, 1.807) is 0 Å². The number of hydrogen-bond donors (Lipinski definition) is 1. The molecule has 29 heavy (non-hydrogen) atoms. The predicted molar refractivity (Wildman–Crippen MR) is 114 cm³/mol. The minimum absolute atomic E-state index is 0.179. The van der Waals surface area contributed by atoms with E-state index >= 15 is 0 Å². The summed E-state index contributed by atoms with van der Waals surface area (Å²) in [6.45, 7) is 3.86. The van der Waals surface area contributed by atoms with E-state index in [9.17, 15) is 14.0 Å². The number of benzene rings is 2. The number of amides is 1. The molecule has 0 radical (unpaired) electrons. The fraction of sp³-hybridized carbons (Fsp3) is 0.136. The molecule has 4 rings (SSSR count). The van der Waals surface area contributed by atoms with Gasteiger partial charge < -0.3 is 5.32 Å². The van der Waals surface area contributed by atoms with Crippen molar-refractivity contribution >= 4 is 33.1 Å². The van der Waals surface area contributed by atoms with Crippen LogP contribution < -0.4 is 10.9 Å². The van der Waals surface area contributed by atoms with Crippen LogP contribution in [0.4, 0.5) is 10.1 Å². The second-order valence-electron chi connectivity index (χ2n) is 6.88. The van der Waals surface area contributed by atoms with Gasteiger partial charge in [0.25, 0.3) is 5.56 Å². The Kier molecular flexibility index (Phi) is 4.98. The molecule has 7 heteroatoms. The summed E-state index contributed by atoms with van der Waals surface area (Å²) in [7, 11) is 0. The van der Waals surface area contributed by atoms with Crippen molar-refractivity contribution < 1.29 is 9.18 Å². The third kappa shape index (κ3) is 3.82. The standard InChI is InChI=1S/C22H18FN3O2S/c1-13-3-8-17(14(2)9-13)18-11-29-21-20(18)22(28)26(12-24-21)10-19(27)25-16-6-4-15(23)5-7-16/h3-9,11-12H,10H2,1-2H3,(H,25,27). The van der Waals surface area contributed by atoms with Crippen LogP contribution in [0.1, 0.15) is 11.1 Å². The first-order valence-corrected chi connectivity index (χ1v) is 9.90. The molecule has 0 unspecified atom stereocenters. The lowest BCUT2D eigenvalue weighted by atomic mass is 9.99. The maximum atomic E-state index is 13.1. The fourth-order valence-corrected chi connectivity index (χ4v) is 4.18. The molecule has 2 aromatic carbocycles. The number of carbonyl (C=O) groups excluding carboxylic acids is 1. The number of aromatic nitrogens is 2. The van der Waals surface area contributed by atoms with Crippen LogP contribution in [0, 0.1) is 19.7 Å². The van der Waals surface area contributed by atoms with E-state index in [1.165, 1.54) is 46.5 Å². The number of thiophene rings is 1. The number of rotatable bonds is 4. The van der Waals surface area contributed by atoms with E-state index in [0.29, 0.717) is 15.9 Å². The minimum Gasteiger partial charge on any atom is -0.325 e. The molecule has 0 atom stereocenters. The smallest absolute Gasteiger partial charge is 0.263 e. The highest BCUT2D eigenvalue weighted by Crippen LogP contribution is 2.32. The highest BCUT2D eigenvalue weighted by molar-refractivity contribution is 7.17. The summed E-state index contributed by atoms with van der Waals surface area (Å²) in [6.07, 6.45) is 1.39. The van der Waals surface area contributed by atoms with Crippen LogP contribution in [0.5, 0.6) is 0 Å². The molecule has 0 aliphatic rings. The van der Waals surface area contributed by atoms with Crippen molar-refractivity contribution in [2.75, 3.05) is 5.32 Å². The second-order valence-corrected chi connectivity index (χ2v) is 7.74. The van der Waals surface area contributed by atoms with Gasteiger partial charge in [0.1, 0.15) is 17.2 Å². The van der Waals surface area contributed by atoms with Gasteiger partial charge >= 0.3 is 0 Å². The molecule has 0 bridgehead atoms. The molecule has 0 saturated carbocycles. The lowest BCUT2D eigenvalue weighted by molar-refractivity contribution is -0.116. The zero-order chi connectivity index (χ0) is 20.5. The molecular weight excluding hydrogens is 389 g/mol. The van der Waals surface area contributed by atoms with E-state index in [1.807, 2.05) is 31.4 Å². The third-order valence-corrected chi connectivity index (χ3v) is 5.56.